The third-order valence-corrected chi connectivity index (χ3v) is 4.91. The molecule has 2 atom stereocenters. The van der Waals surface area contributed by atoms with E-state index in [1.165, 1.54) is 0 Å². The topological polar surface area (TPSA) is 80.9 Å². The molecule has 0 fully saturated rings. The van der Waals surface area contributed by atoms with Crippen LogP contribution in [0, 0.1) is 0 Å². The second-order valence-corrected chi connectivity index (χ2v) is 7.09. The Morgan fingerprint density at radius 3 is 1.29 bits per heavy atom. The van der Waals surface area contributed by atoms with Crippen LogP contribution in [-0.4, -0.2) is 33.6 Å². The maximum absolute atomic E-state index is 10.3. The zero-order chi connectivity index (χ0) is 20.2. The molecule has 4 heteroatoms. The van der Waals surface area contributed by atoms with Gasteiger partial charge in [0.2, 0.25) is 0 Å². The van der Waals surface area contributed by atoms with Crippen molar-refractivity contribution < 1.29 is 20.4 Å². The lowest BCUT2D eigenvalue weighted by Gasteiger charge is -2.11. The molecule has 0 radical (unpaired) electrons. The first-order chi connectivity index (χ1) is 13.6. The van der Waals surface area contributed by atoms with Gasteiger partial charge in [0.25, 0.3) is 0 Å². The number of aliphatic hydroxyl groups is 4. The van der Waals surface area contributed by atoms with Gasteiger partial charge in [-0.25, -0.2) is 0 Å². The van der Waals surface area contributed by atoms with E-state index in [4.69, 9.17) is 10.2 Å². The summed E-state index contributed by atoms with van der Waals surface area (Å²) in [6.07, 6.45) is 7.29. The second-order valence-electron chi connectivity index (χ2n) is 7.09. The fourth-order valence-corrected chi connectivity index (χ4v) is 3.15. The molecule has 0 amide bonds. The summed E-state index contributed by atoms with van der Waals surface area (Å²) >= 11 is 0. The molecule has 4 N–H and O–H groups in total. The Balaban J connectivity index is 1.67. The fraction of sp³-hybridized carbons (Fsp3) is 0.417. The van der Waals surface area contributed by atoms with Crippen LogP contribution in [0.3, 0.4) is 0 Å². The molecule has 0 aliphatic rings. The molecular formula is C24H32O4. The second kappa shape index (κ2) is 12.5. The molecular weight excluding hydrogens is 352 g/mol. The van der Waals surface area contributed by atoms with Crippen LogP contribution in [0.5, 0.6) is 0 Å². The van der Waals surface area contributed by atoms with E-state index in [1.54, 1.807) is 0 Å². The molecule has 2 aromatic rings. The van der Waals surface area contributed by atoms with Crippen molar-refractivity contribution in [2.45, 2.75) is 50.7 Å². The van der Waals surface area contributed by atoms with E-state index >= 15 is 0 Å². The lowest BCUT2D eigenvalue weighted by Crippen LogP contribution is -1.98. The van der Waals surface area contributed by atoms with Gasteiger partial charge in [-0.3, -0.25) is 0 Å². The SMILES string of the molecule is OCCc1ccc(C(O)CC/C=C/CCC(O)c2ccc(CCO)cc2)cc1. The van der Waals surface area contributed by atoms with E-state index in [-0.39, 0.29) is 13.2 Å². The minimum absolute atomic E-state index is 0.135. The number of allylic oxidation sites excluding steroid dienone is 2. The van der Waals surface area contributed by atoms with Gasteiger partial charge in [0, 0.05) is 13.2 Å². The molecule has 0 heterocycles. The van der Waals surface area contributed by atoms with Crippen molar-refractivity contribution in [2.75, 3.05) is 13.2 Å². The molecule has 0 saturated carbocycles. The summed E-state index contributed by atoms with van der Waals surface area (Å²) in [7, 11) is 0. The van der Waals surface area contributed by atoms with Crippen LogP contribution in [0.4, 0.5) is 0 Å². The average molecular weight is 385 g/mol. The van der Waals surface area contributed by atoms with Crippen LogP contribution >= 0.6 is 0 Å². The number of aliphatic hydroxyl groups excluding tert-OH is 4. The predicted octanol–water partition coefficient (Wildman–Crippen LogP) is 3.64. The van der Waals surface area contributed by atoms with Crippen molar-refractivity contribution in [3.63, 3.8) is 0 Å². The molecule has 4 nitrogen and oxygen atoms in total. The van der Waals surface area contributed by atoms with E-state index in [0.717, 1.165) is 35.1 Å². The van der Waals surface area contributed by atoms with Crippen molar-refractivity contribution in [2.24, 2.45) is 0 Å². The molecule has 2 aromatic carbocycles. The Hall–Kier alpha value is -1.98. The number of hydrogen-bond acceptors (Lipinski definition) is 4. The van der Waals surface area contributed by atoms with Crippen molar-refractivity contribution in [1.29, 1.82) is 0 Å². The largest absolute Gasteiger partial charge is 0.396 e. The summed E-state index contributed by atoms with van der Waals surface area (Å²) in [4.78, 5) is 0. The van der Waals surface area contributed by atoms with Gasteiger partial charge in [-0.1, -0.05) is 60.7 Å². The van der Waals surface area contributed by atoms with Gasteiger partial charge in [0.05, 0.1) is 12.2 Å². The summed E-state index contributed by atoms with van der Waals surface area (Å²) in [6.45, 7) is 0.271. The molecule has 2 unspecified atom stereocenters. The van der Waals surface area contributed by atoms with E-state index in [9.17, 15) is 10.2 Å². The van der Waals surface area contributed by atoms with Crippen LogP contribution in [-0.2, 0) is 12.8 Å². The molecule has 0 spiro atoms. The van der Waals surface area contributed by atoms with Crippen molar-refractivity contribution >= 4 is 0 Å². The molecule has 0 aromatic heterocycles. The van der Waals surface area contributed by atoms with Crippen LogP contribution in [0.2, 0.25) is 0 Å². The van der Waals surface area contributed by atoms with E-state index < -0.39 is 12.2 Å². The number of hydrogen-bond donors (Lipinski definition) is 4. The van der Waals surface area contributed by atoms with Crippen LogP contribution in [0.15, 0.2) is 60.7 Å². The quantitative estimate of drug-likeness (QED) is 0.421. The van der Waals surface area contributed by atoms with Gasteiger partial charge in [0.1, 0.15) is 0 Å². The zero-order valence-corrected chi connectivity index (χ0v) is 16.4. The lowest BCUT2D eigenvalue weighted by molar-refractivity contribution is 0.167. The number of benzene rings is 2. The zero-order valence-electron chi connectivity index (χ0n) is 16.4. The standard InChI is InChI=1S/C24H32O4/c25-17-15-19-7-11-21(12-8-19)23(27)5-3-1-2-4-6-24(28)22-13-9-20(10-14-22)16-18-26/h1-2,7-14,23-28H,3-6,15-18H2/b2-1+. The summed E-state index contributed by atoms with van der Waals surface area (Å²) in [5.41, 5.74) is 3.94. The molecule has 0 bridgehead atoms. The highest BCUT2D eigenvalue weighted by Gasteiger charge is 2.07. The van der Waals surface area contributed by atoms with Gasteiger partial charge in [-0.05, 0) is 60.8 Å². The molecule has 152 valence electrons. The lowest BCUT2D eigenvalue weighted by atomic mass is 10.0. The van der Waals surface area contributed by atoms with Gasteiger partial charge in [0.15, 0.2) is 0 Å². The van der Waals surface area contributed by atoms with Gasteiger partial charge < -0.3 is 20.4 Å². The van der Waals surface area contributed by atoms with E-state index in [2.05, 4.69) is 12.2 Å². The molecule has 0 aliphatic heterocycles. The minimum atomic E-state index is -0.490. The fourth-order valence-electron chi connectivity index (χ4n) is 3.15. The molecule has 0 aliphatic carbocycles. The Bertz CT molecular complexity index is 630. The smallest absolute Gasteiger partial charge is 0.0793 e. The van der Waals surface area contributed by atoms with Gasteiger partial charge >= 0.3 is 0 Å². The molecule has 0 saturated heterocycles. The molecule has 28 heavy (non-hydrogen) atoms. The Kier molecular flexibility index (Phi) is 9.94. The summed E-state index contributed by atoms with van der Waals surface area (Å²) in [6, 6.07) is 15.5. The summed E-state index contributed by atoms with van der Waals surface area (Å²) < 4.78 is 0. The predicted molar refractivity (Wildman–Crippen MR) is 112 cm³/mol. The first kappa shape index (κ1) is 22.3. The van der Waals surface area contributed by atoms with Crippen molar-refractivity contribution in [3.8, 4) is 0 Å². The van der Waals surface area contributed by atoms with Crippen molar-refractivity contribution in [1.82, 2.24) is 0 Å². The average Bonchev–Trinajstić information content (AvgIpc) is 2.72. The number of rotatable bonds is 12. The van der Waals surface area contributed by atoms with E-state index in [0.29, 0.717) is 25.7 Å². The highest BCUT2D eigenvalue weighted by molar-refractivity contribution is 5.25. The maximum Gasteiger partial charge on any atom is 0.0793 e. The van der Waals surface area contributed by atoms with Gasteiger partial charge in [-0.15, -0.1) is 0 Å². The van der Waals surface area contributed by atoms with Crippen LogP contribution < -0.4 is 0 Å². The minimum Gasteiger partial charge on any atom is -0.396 e. The summed E-state index contributed by atoms with van der Waals surface area (Å²) in [5.74, 6) is 0. The van der Waals surface area contributed by atoms with Crippen molar-refractivity contribution in [3.05, 3.63) is 82.9 Å². The first-order valence-corrected chi connectivity index (χ1v) is 10.0. The first-order valence-electron chi connectivity index (χ1n) is 10.0. The highest BCUT2D eigenvalue weighted by Crippen LogP contribution is 2.21. The van der Waals surface area contributed by atoms with Crippen LogP contribution in [0.25, 0.3) is 0 Å². The highest BCUT2D eigenvalue weighted by atomic mass is 16.3. The maximum atomic E-state index is 10.3. The monoisotopic (exact) mass is 384 g/mol. The Morgan fingerprint density at radius 1 is 0.607 bits per heavy atom. The Labute approximate surface area is 167 Å². The third-order valence-electron chi connectivity index (χ3n) is 4.91. The normalized spacial score (nSPS) is 13.7. The molecule has 2 rings (SSSR count). The third kappa shape index (κ3) is 7.56. The summed E-state index contributed by atoms with van der Waals surface area (Å²) in [5, 5.41) is 38.4. The Morgan fingerprint density at radius 2 is 0.964 bits per heavy atom. The van der Waals surface area contributed by atoms with Gasteiger partial charge in [-0.2, -0.15) is 0 Å². The van der Waals surface area contributed by atoms with E-state index in [1.807, 2.05) is 48.5 Å². The van der Waals surface area contributed by atoms with Crippen LogP contribution in [0.1, 0.15) is 60.1 Å².